The van der Waals surface area contributed by atoms with Crippen LogP contribution in [0.3, 0.4) is 0 Å². The Kier molecular flexibility index (Phi) is 13.6. The summed E-state index contributed by atoms with van der Waals surface area (Å²) in [6.07, 6.45) is 14.9. The van der Waals surface area contributed by atoms with E-state index in [0.29, 0.717) is 0 Å². The highest BCUT2D eigenvalue weighted by atomic mass is 14.0. The van der Waals surface area contributed by atoms with E-state index in [1.807, 2.05) is 54.6 Å². The summed E-state index contributed by atoms with van der Waals surface area (Å²) >= 11 is 0. The van der Waals surface area contributed by atoms with Crippen molar-refractivity contribution in [3.05, 3.63) is 107 Å². The van der Waals surface area contributed by atoms with Crippen LogP contribution in [0.4, 0.5) is 0 Å². The van der Waals surface area contributed by atoms with E-state index in [9.17, 15) is 0 Å². The maximum Gasteiger partial charge on any atom is 0.0256 e. The van der Waals surface area contributed by atoms with Crippen LogP contribution in [0.15, 0.2) is 78.9 Å². The normalized spacial score (nSPS) is 9.50. The molecule has 3 aromatic carbocycles. The van der Waals surface area contributed by atoms with Crippen LogP contribution < -0.4 is 0 Å². The average Bonchev–Trinajstić information content (AvgIpc) is 2.96. The highest BCUT2D eigenvalue weighted by Gasteiger charge is 1.96. The van der Waals surface area contributed by atoms with Crippen molar-refractivity contribution in [1.82, 2.24) is 0 Å². The van der Waals surface area contributed by atoms with E-state index in [1.54, 1.807) is 0 Å². The van der Waals surface area contributed by atoms with E-state index in [1.165, 1.54) is 69.8 Å². The monoisotopic (exact) mass is 494 g/mol. The van der Waals surface area contributed by atoms with Gasteiger partial charge in [-0.3, -0.25) is 0 Å². The van der Waals surface area contributed by atoms with Gasteiger partial charge >= 0.3 is 0 Å². The van der Waals surface area contributed by atoms with Crippen molar-refractivity contribution in [3.63, 3.8) is 0 Å². The maximum atomic E-state index is 3.15. The highest BCUT2D eigenvalue weighted by molar-refractivity contribution is 5.48. The molecule has 0 heterocycles. The van der Waals surface area contributed by atoms with Crippen LogP contribution >= 0.6 is 0 Å². The van der Waals surface area contributed by atoms with Crippen LogP contribution in [0.2, 0.25) is 0 Å². The predicted molar refractivity (Wildman–Crippen MR) is 162 cm³/mol. The maximum absolute atomic E-state index is 3.15. The Morgan fingerprint density at radius 1 is 0.395 bits per heavy atom. The Bertz CT molecular complexity index is 1330. The van der Waals surface area contributed by atoms with Gasteiger partial charge in [0.2, 0.25) is 0 Å². The third-order valence-corrected chi connectivity index (χ3v) is 6.38. The third-order valence-electron chi connectivity index (χ3n) is 6.38. The molecule has 38 heavy (non-hydrogen) atoms. The molecule has 0 unspecified atom stereocenters. The van der Waals surface area contributed by atoms with Crippen LogP contribution in [0.25, 0.3) is 0 Å². The van der Waals surface area contributed by atoms with E-state index in [4.69, 9.17) is 0 Å². The molecule has 0 radical (unpaired) electrons. The van der Waals surface area contributed by atoms with Gasteiger partial charge in [-0.15, -0.1) is 0 Å². The van der Waals surface area contributed by atoms with E-state index in [-0.39, 0.29) is 0 Å². The number of aryl methyl sites for hydroxylation is 1. The highest BCUT2D eigenvalue weighted by Crippen LogP contribution is 2.13. The number of hydrogen-bond acceptors (Lipinski definition) is 0. The lowest BCUT2D eigenvalue weighted by molar-refractivity contribution is 0.556. The zero-order valence-electron chi connectivity index (χ0n) is 22.8. The molecular formula is C38H38. The van der Waals surface area contributed by atoms with Gasteiger partial charge in [0, 0.05) is 22.3 Å². The molecule has 0 amide bonds. The predicted octanol–water partition coefficient (Wildman–Crippen LogP) is 8.96. The van der Waals surface area contributed by atoms with Crippen LogP contribution in [0.1, 0.15) is 98.9 Å². The van der Waals surface area contributed by atoms with Crippen molar-refractivity contribution in [3.8, 4) is 47.4 Å². The smallest absolute Gasteiger partial charge is 0.0256 e. The largest absolute Gasteiger partial charge is 0.0654 e. The summed E-state index contributed by atoms with van der Waals surface area (Å²) in [5.74, 6) is 24.1. The van der Waals surface area contributed by atoms with Crippen LogP contribution in [-0.4, -0.2) is 0 Å². The molecule has 0 fully saturated rings. The number of hydrogen-bond donors (Lipinski definition) is 0. The van der Waals surface area contributed by atoms with Crippen molar-refractivity contribution in [1.29, 1.82) is 0 Å². The van der Waals surface area contributed by atoms with Gasteiger partial charge in [-0.05, 0) is 90.6 Å². The average molecular weight is 495 g/mol. The minimum absolute atomic E-state index is 0.918. The first-order valence-electron chi connectivity index (χ1n) is 14.1. The molecule has 0 spiro atoms. The quantitative estimate of drug-likeness (QED) is 0.184. The molecule has 0 saturated heterocycles. The number of benzene rings is 3. The topological polar surface area (TPSA) is 0 Å². The molecule has 0 N–H and O–H groups in total. The Hall–Kier alpha value is -4.10. The molecule has 0 aliphatic carbocycles. The summed E-state index contributed by atoms with van der Waals surface area (Å²) in [4.78, 5) is 0. The van der Waals surface area contributed by atoms with E-state index in [2.05, 4.69) is 78.6 Å². The van der Waals surface area contributed by atoms with E-state index in [0.717, 1.165) is 28.7 Å². The summed E-state index contributed by atoms with van der Waals surface area (Å²) in [6, 6.07) is 26.3. The molecule has 0 nitrogen and oxygen atoms in total. The van der Waals surface area contributed by atoms with Gasteiger partial charge in [-0.25, -0.2) is 0 Å². The third kappa shape index (κ3) is 12.2. The minimum atomic E-state index is 0.918. The molecule has 0 aliphatic heterocycles. The summed E-state index contributed by atoms with van der Waals surface area (Å²) in [7, 11) is 0. The number of rotatable bonds is 11. The molecule has 0 atom stereocenters. The van der Waals surface area contributed by atoms with Crippen LogP contribution in [0, 0.1) is 47.4 Å². The van der Waals surface area contributed by atoms with Crippen LogP contribution in [-0.2, 0) is 6.42 Å². The van der Waals surface area contributed by atoms with Gasteiger partial charge in [-0.1, -0.05) is 119 Å². The van der Waals surface area contributed by atoms with Crippen molar-refractivity contribution < 1.29 is 0 Å². The fourth-order valence-corrected chi connectivity index (χ4v) is 4.14. The molecule has 190 valence electrons. The van der Waals surface area contributed by atoms with Crippen molar-refractivity contribution in [2.75, 3.05) is 0 Å². The Balaban J connectivity index is 1.35. The molecule has 0 saturated carbocycles. The fraction of sp³-hybridized carbons (Fsp3) is 0.316. The summed E-state index contributed by atoms with van der Waals surface area (Å²) in [6.45, 7) is 2.28. The van der Waals surface area contributed by atoms with Gasteiger partial charge in [0.15, 0.2) is 0 Å². The molecule has 0 bridgehead atoms. The lowest BCUT2D eigenvalue weighted by atomic mass is 10.0. The first-order chi connectivity index (χ1) is 18.8. The minimum Gasteiger partial charge on any atom is -0.0654 e. The second-order valence-electron chi connectivity index (χ2n) is 9.57. The first-order valence-corrected chi connectivity index (χ1v) is 14.1. The Morgan fingerprint density at radius 2 is 0.763 bits per heavy atom. The lowest BCUT2D eigenvalue weighted by Gasteiger charge is -2.03. The van der Waals surface area contributed by atoms with Crippen molar-refractivity contribution in [2.45, 2.75) is 77.6 Å². The summed E-state index contributed by atoms with van der Waals surface area (Å²) in [5.41, 5.74) is 5.21. The van der Waals surface area contributed by atoms with Gasteiger partial charge in [0.25, 0.3) is 0 Å². The van der Waals surface area contributed by atoms with E-state index >= 15 is 0 Å². The molecular weight excluding hydrogens is 456 g/mol. The molecule has 0 aromatic heterocycles. The standard InChI is InChI=1S/C38H38/c1-2-3-4-5-6-7-8-9-10-12-21-35-26-28-37(29-27-35)24-17-18-25-38-32-30-36(31-33-38)23-16-15-22-34-19-13-11-14-20-34/h11,13-14,19-20,26-33H,2-10,12,21H2,1H3. The summed E-state index contributed by atoms with van der Waals surface area (Å²) < 4.78 is 0. The van der Waals surface area contributed by atoms with Gasteiger partial charge in [-0.2, -0.15) is 0 Å². The van der Waals surface area contributed by atoms with Gasteiger partial charge in [0.1, 0.15) is 0 Å². The number of unbranched alkanes of at least 4 members (excludes halogenated alkanes) is 9. The first kappa shape index (κ1) is 28.5. The van der Waals surface area contributed by atoms with Crippen molar-refractivity contribution >= 4 is 0 Å². The molecule has 0 heteroatoms. The van der Waals surface area contributed by atoms with Gasteiger partial charge < -0.3 is 0 Å². The zero-order chi connectivity index (χ0) is 26.5. The molecule has 0 aliphatic rings. The van der Waals surface area contributed by atoms with Gasteiger partial charge in [0.05, 0.1) is 0 Å². The second kappa shape index (κ2) is 18.2. The van der Waals surface area contributed by atoms with Crippen LogP contribution in [0.5, 0.6) is 0 Å². The van der Waals surface area contributed by atoms with E-state index < -0.39 is 0 Å². The molecule has 3 aromatic rings. The zero-order valence-corrected chi connectivity index (χ0v) is 22.8. The lowest BCUT2D eigenvalue weighted by Crippen LogP contribution is -1.87. The summed E-state index contributed by atoms with van der Waals surface area (Å²) in [5, 5.41) is 0. The SMILES string of the molecule is CCCCCCCCCCCCc1ccc(C#CC#Cc2ccc(C#CC#Cc3ccccc3)cc2)cc1. The second-order valence-corrected chi connectivity index (χ2v) is 9.57. The van der Waals surface area contributed by atoms with Crippen molar-refractivity contribution in [2.24, 2.45) is 0 Å². The molecule has 3 rings (SSSR count). The fourth-order valence-electron chi connectivity index (χ4n) is 4.14. The Morgan fingerprint density at radius 3 is 1.21 bits per heavy atom. The Labute approximate surface area is 231 Å².